The zero-order chi connectivity index (χ0) is 38.7. The summed E-state index contributed by atoms with van der Waals surface area (Å²) >= 11 is 25.5. The molecule has 0 heterocycles. The van der Waals surface area contributed by atoms with Crippen molar-refractivity contribution < 1.29 is 35.1 Å². The van der Waals surface area contributed by atoms with Crippen LogP contribution in [0.2, 0.25) is 20.1 Å². The van der Waals surface area contributed by atoms with Crippen LogP contribution in [-0.4, -0.2) is 0 Å². The van der Waals surface area contributed by atoms with Crippen molar-refractivity contribution in [2.24, 2.45) is 11.8 Å². The molecular weight excluding hydrogens is 798 g/mol. The van der Waals surface area contributed by atoms with Crippen LogP contribution in [0.4, 0.5) is 35.1 Å². The molecule has 0 bridgehead atoms. The smallest absolute Gasteiger partial charge is 0.207 e. The summed E-state index contributed by atoms with van der Waals surface area (Å²) in [6, 6.07) is 22.3. The summed E-state index contributed by atoms with van der Waals surface area (Å²) in [7, 11) is 0. The van der Waals surface area contributed by atoms with Gasteiger partial charge in [0.05, 0.1) is 26.2 Å². The minimum atomic E-state index is -5.15. The van der Waals surface area contributed by atoms with E-state index in [0.717, 1.165) is 18.2 Å². The molecule has 54 heavy (non-hydrogen) atoms. The van der Waals surface area contributed by atoms with Gasteiger partial charge in [-0.3, -0.25) is 0 Å². The zero-order valence-corrected chi connectivity index (χ0v) is 30.4. The van der Waals surface area contributed by atoms with Crippen LogP contribution in [0.3, 0.4) is 0 Å². The second-order valence-corrected chi connectivity index (χ2v) is 14.7. The Bertz CT molecular complexity index is 2320. The maximum Gasteiger partial charge on any atom is 0.416 e. The van der Waals surface area contributed by atoms with Crippen LogP contribution in [0.1, 0.15) is 50.8 Å². The quantitative estimate of drug-likeness (QED) is 0.155. The highest BCUT2D eigenvalue weighted by atomic mass is 35.5. The molecule has 4 unspecified atom stereocenters. The van der Waals surface area contributed by atoms with E-state index in [1.54, 1.807) is 42.5 Å². The van der Waals surface area contributed by atoms with Gasteiger partial charge in [0.15, 0.2) is 0 Å². The van der Waals surface area contributed by atoms with Gasteiger partial charge < -0.3 is 0 Å². The van der Waals surface area contributed by atoms with E-state index in [1.807, 2.05) is 12.2 Å². The Kier molecular flexibility index (Phi) is 10.3. The van der Waals surface area contributed by atoms with E-state index in [9.17, 15) is 35.1 Å². The van der Waals surface area contributed by atoms with Gasteiger partial charge in [-0.2, -0.15) is 26.3 Å². The molecule has 0 N–H and O–H groups in total. The number of hydrogen-bond acceptors (Lipinski definition) is 0. The van der Waals surface area contributed by atoms with E-state index in [4.69, 9.17) is 46.4 Å². The van der Waals surface area contributed by atoms with Crippen molar-refractivity contribution in [3.8, 4) is 0 Å². The molecule has 0 aliphatic heterocycles. The molecule has 12 heteroatoms. The average Bonchev–Trinajstić information content (AvgIpc) is 3.12. The summed E-state index contributed by atoms with van der Waals surface area (Å²) in [6.07, 6.45) is -4.81. The number of halogens is 12. The summed E-state index contributed by atoms with van der Waals surface area (Å²) in [5.41, 5.74) is 0.111. The Morgan fingerprint density at radius 3 is 1.80 bits per heavy atom. The van der Waals surface area contributed by atoms with Crippen LogP contribution in [0.15, 0.2) is 121 Å². The SMILES string of the molecule is Fc1ccc(C2C(c3ccc(Cl)c(Cl)c3)=CC3C=CC(c4cccc(Cl)c4)=C(c4ccc(F)c(Cl)c4)C3C2c2cc(C(F)(F)F)cc(C(F)(F)F)c2)cc1. The van der Waals surface area contributed by atoms with Crippen molar-refractivity contribution in [3.63, 3.8) is 0 Å². The van der Waals surface area contributed by atoms with Crippen LogP contribution < -0.4 is 0 Å². The Morgan fingerprint density at radius 1 is 0.537 bits per heavy atom. The van der Waals surface area contributed by atoms with Gasteiger partial charge in [-0.1, -0.05) is 101 Å². The lowest BCUT2D eigenvalue weighted by atomic mass is 9.57. The van der Waals surface area contributed by atoms with E-state index >= 15 is 0 Å². The van der Waals surface area contributed by atoms with Crippen LogP contribution >= 0.6 is 46.4 Å². The Morgan fingerprint density at radius 2 is 1.19 bits per heavy atom. The molecule has 0 saturated carbocycles. The maximum absolute atomic E-state index is 14.7. The second kappa shape index (κ2) is 14.5. The van der Waals surface area contributed by atoms with E-state index in [0.29, 0.717) is 44.0 Å². The van der Waals surface area contributed by atoms with Gasteiger partial charge in [0.1, 0.15) is 11.6 Å². The van der Waals surface area contributed by atoms with Crippen molar-refractivity contribution in [2.45, 2.75) is 24.2 Å². The third-order valence-corrected chi connectivity index (χ3v) is 11.1. The lowest BCUT2D eigenvalue weighted by Crippen LogP contribution is -2.33. The molecule has 0 spiro atoms. The van der Waals surface area contributed by atoms with Crippen LogP contribution in [0.5, 0.6) is 0 Å². The van der Waals surface area contributed by atoms with Crippen molar-refractivity contribution in [3.05, 3.63) is 192 Å². The summed E-state index contributed by atoms with van der Waals surface area (Å²) in [5.74, 6) is -5.10. The number of alkyl halides is 6. The van der Waals surface area contributed by atoms with Gasteiger partial charge in [0, 0.05) is 28.7 Å². The van der Waals surface area contributed by atoms with Gasteiger partial charge in [-0.05, 0) is 111 Å². The predicted molar refractivity (Wildman–Crippen MR) is 199 cm³/mol. The van der Waals surface area contributed by atoms with Gasteiger partial charge in [0.2, 0.25) is 0 Å². The molecule has 2 aliphatic rings. The predicted octanol–water partition coefficient (Wildman–Crippen LogP) is 15.0. The summed E-state index contributed by atoms with van der Waals surface area (Å²) < 4.78 is 116. The number of rotatable bonds is 5. The highest BCUT2D eigenvalue weighted by molar-refractivity contribution is 6.42. The number of hydrogen-bond donors (Lipinski definition) is 0. The molecule has 2 aliphatic carbocycles. The molecule has 0 radical (unpaired) electrons. The van der Waals surface area contributed by atoms with Gasteiger partial charge >= 0.3 is 12.4 Å². The highest BCUT2D eigenvalue weighted by Crippen LogP contribution is 2.60. The van der Waals surface area contributed by atoms with Crippen molar-refractivity contribution in [1.82, 2.24) is 0 Å². The molecule has 7 rings (SSSR count). The molecule has 0 amide bonds. The number of benzene rings is 5. The van der Waals surface area contributed by atoms with Crippen LogP contribution in [0.25, 0.3) is 16.7 Å². The standard InChI is InChI=1S/C42H24Cl4F8/c43-29-3-1-2-22(16-29)31-11-6-24-17-32(23-7-12-33(44)34(45)18-23)37(21-4-9-30(47)10-5-21)40(39(24)38(31)25-8-13-36(48)35(46)19-25)26-14-27(41(49,50)51)20-28(15-26)42(52,53)54/h1-20,24,37,39-40H. The Balaban J connectivity index is 1.63. The number of fused-ring (bicyclic) bond motifs is 1. The molecule has 5 aromatic rings. The first-order valence-electron chi connectivity index (χ1n) is 16.4. The van der Waals surface area contributed by atoms with E-state index in [1.165, 1.54) is 42.5 Å². The number of allylic oxidation sites excluding steroid dienone is 6. The average molecular weight is 822 g/mol. The fourth-order valence-electron chi connectivity index (χ4n) is 7.58. The van der Waals surface area contributed by atoms with Gasteiger partial charge in [-0.15, -0.1) is 0 Å². The normalized spacial score (nSPS) is 20.2. The highest BCUT2D eigenvalue weighted by Gasteiger charge is 2.47. The summed E-state index contributed by atoms with van der Waals surface area (Å²) in [4.78, 5) is 0. The van der Waals surface area contributed by atoms with Crippen molar-refractivity contribution in [1.29, 1.82) is 0 Å². The molecule has 4 atom stereocenters. The molecule has 276 valence electrons. The first-order valence-corrected chi connectivity index (χ1v) is 17.9. The fourth-order valence-corrected chi connectivity index (χ4v) is 8.25. The van der Waals surface area contributed by atoms with E-state index in [-0.39, 0.29) is 26.7 Å². The van der Waals surface area contributed by atoms with Crippen LogP contribution in [-0.2, 0) is 12.4 Å². The minimum Gasteiger partial charge on any atom is -0.207 e. The van der Waals surface area contributed by atoms with Gasteiger partial charge in [0.25, 0.3) is 0 Å². The Labute approximate surface area is 324 Å². The molecule has 0 saturated heterocycles. The van der Waals surface area contributed by atoms with Crippen molar-refractivity contribution in [2.75, 3.05) is 0 Å². The lowest BCUT2D eigenvalue weighted by molar-refractivity contribution is -0.143. The third-order valence-electron chi connectivity index (χ3n) is 9.82. The topological polar surface area (TPSA) is 0 Å². The summed E-state index contributed by atoms with van der Waals surface area (Å²) in [6.45, 7) is 0. The van der Waals surface area contributed by atoms with Gasteiger partial charge in [-0.25, -0.2) is 8.78 Å². The second-order valence-electron chi connectivity index (χ2n) is 13.1. The molecule has 0 fully saturated rings. The largest absolute Gasteiger partial charge is 0.416 e. The third kappa shape index (κ3) is 7.46. The van der Waals surface area contributed by atoms with E-state index in [2.05, 4.69) is 0 Å². The van der Waals surface area contributed by atoms with Crippen molar-refractivity contribution >= 4 is 63.1 Å². The first kappa shape index (κ1) is 38.2. The molecule has 0 nitrogen and oxygen atoms in total. The van der Waals surface area contributed by atoms with Crippen LogP contribution in [0, 0.1) is 23.5 Å². The maximum atomic E-state index is 14.7. The van der Waals surface area contributed by atoms with E-state index < -0.39 is 58.8 Å². The lowest BCUT2D eigenvalue weighted by Gasteiger charge is -2.46. The summed E-state index contributed by atoms with van der Waals surface area (Å²) in [5, 5.41) is 0.503. The zero-order valence-electron chi connectivity index (χ0n) is 27.4. The first-order chi connectivity index (χ1) is 25.5. The Hall–Kier alpha value is -4.08. The minimum absolute atomic E-state index is 0.0844. The fraction of sp³-hybridized carbons (Fsp3) is 0.143. The monoisotopic (exact) mass is 820 g/mol. The molecular formula is C42H24Cl4F8. The molecule has 5 aromatic carbocycles. The molecule has 0 aromatic heterocycles.